The molecule has 0 heterocycles. The minimum Gasteiger partial charge on any atom is -0.0683 e. The fourth-order valence-electron chi connectivity index (χ4n) is 3.98. The van der Waals surface area contributed by atoms with Crippen molar-refractivity contribution in [2.75, 3.05) is 0 Å². The zero-order valence-electron chi connectivity index (χ0n) is 23.9. The van der Waals surface area contributed by atoms with E-state index < -0.39 is 0 Å². The summed E-state index contributed by atoms with van der Waals surface area (Å²) in [4.78, 5) is 0. The Hall–Kier alpha value is -3.12. The molecule has 0 heteroatoms. The molecule has 0 amide bonds. The lowest BCUT2D eigenvalue weighted by Crippen LogP contribution is -2.31. The van der Waals surface area contributed by atoms with Crippen LogP contribution in [0.3, 0.4) is 0 Å². The maximum absolute atomic E-state index is 2.27. The topological polar surface area (TPSA) is 0 Å². The van der Waals surface area contributed by atoms with Gasteiger partial charge in [0.15, 0.2) is 0 Å². The molecule has 0 saturated heterocycles. The van der Waals surface area contributed by atoms with Crippen LogP contribution in [-0.2, 0) is 5.41 Å². The maximum atomic E-state index is 2.27. The summed E-state index contributed by atoms with van der Waals surface area (Å²) in [6, 6.07) is 39.6. The minimum atomic E-state index is -0.343. The number of aryl methyl sites for hydroxylation is 2. The lowest BCUT2D eigenvalue weighted by Gasteiger charge is -2.37. The Balaban J connectivity index is 0.00000132. The van der Waals surface area contributed by atoms with E-state index in [1.54, 1.807) is 0 Å². The van der Waals surface area contributed by atoms with Gasteiger partial charge in [-0.2, -0.15) is 0 Å². The number of benzene rings is 4. The monoisotopic (exact) mass is 468 g/mol. The van der Waals surface area contributed by atoms with Gasteiger partial charge in [0.2, 0.25) is 0 Å². The average molecular weight is 469 g/mol. The lowest BCUT2D eigenvalue weighted by molar-refractivity contribution is 0.744. The van der Waals surface area contributed by atoms with Crippen LogP contribution in [0.5, 0.6) is 0 Å². The predicted molar refractivity (Wildman–Crippen MR) is 160 cm³/mol. The van der Waals surface area contributed by atoms with Crippen molar-refractivity contribution in [1.82, 2.24) is 0 Å². The van der Waals surface area contributed by atoms with E-state index in [0.717, 1.165) is 0 Å². The molecule has 35 heavy (non-hydrogen) atoms. The number of hydrogen-bond acceptors (Lipinski definition) is 0. The molecule has 0 N–H and O–H groups in total. The summed E-state index contributed by atoms with van der Waals surface area (Å²) in [7, 11) is 0. The Labute approximate surface area is 217 Å². The summed E-state index contributed by atoms with van der Waals surface area (Å²) in [6.07, 6.45) is 0. The van der Waals surface area contributed by atoms with Crippen molar-refractivity contribution in [3.63, 3.8) is 0 Å². The van der Waals surface area contributed by atoms with Gasteiger partial charge in [-0.1, -0.05) is 176 Å². The van der Waals surface area contributed by atoms with Crippen LogP contribution in [0, 0.1) is 13.8 Å². The van der Waals surface area contributed by atoms with Gasteiger partial charge >= 0.3 is 0 Å². The summed E-state index contributed by atoms with van der Waals surface area (Å²) in [5.41, 5.74) is 7.34. The van der Waals surface area contributed by atoms with Crippen LogP contribution in [0.25, 0.3) is 0 Å². The van der Waals surface area contributed by atoms with Gasteiger partial charge in [0, 0.05) is 0 Å². The first-order valence-electron chi connectivity index (χ1n) is 13.5. The third kappa shape index (κ3) is 7.96. The molecule has 0 bridgehead atoms. The van der Waals surface area contributed by atoms with Gasteiger partial charge in [-0.3, -0.25) is 0 Å². The molecule has 0 aliphatic rings. The van der Waals surface area contributed by atoms with Crippen molar-refractivity contribution in [2.45, 2.75) is 74.7 Å². The molecule has 4 aromatic carbocycles. The third-order valence-corrected chi connectivity index (χ3v) is 5.38. The lowest BCUT2D eigenvalue weighted by atomic mass is 9.65. The molecule has 4 aromatic rings. The van der Waals surface area contributed by atoms with E-state index in [-0.39, 0.29) is 5.41 Å². The van der Waals surface area contributed by atoms with Crippen molar-refractivity contribution in [2.24, 2.45) is 0 Å². The van der Waals surface area contributed by atoms with Gasteiger partial charge in [-0.25, -0.2) is 0 Å². The summed E-state index contributed by atoms with van der Waals surface area (Å²) < 4.78 is 0. The zero-order valence-corrected chi connectivity index (χ0v) is 23.9. The predicted octanol–water partition coefficient (Wildman–Crippen LogP) is 10.8. The largest absolute Gasteiger partial charge is 0.0701 e. The van der Waals surface area contributed by atoms with Crippen molar-refractivity contribution in [3.05, 3.63) is 143 Å². The van der Waals surface area contributed by atoms with E-state index >= 15 is 0 Å². The molecule has 0 aliphatic carbocycles. The summed E-state index contributed by atoms with van der Waals surface area (Å²) >= 11 is 0. The summed E-state index contributed by atoms with van der Waals surface area (Å²) in [6.45, 7) is 20.3. The molecule has 0 saturated carbocycles. The highest BCUT2D eigenvalue weighted by Gasteiger charge is 2.37. The Morgan fingerprint density at radius 2 is 0.543 bits per heavy atom. The highest BCUT2D eigenvalue weighted by Crippen LogP contribution is 2.45. The van der Waals surface area contributed by atoms with Gasteiger partial charge in [0.25, 0.3) is 0 Å². The fourth-order valence-corrected chi connectivity index (χ4v) is 3.98. The van der Waals surface area contributed by atoms with E-state index in [1.807, 2.05) is 55.4 Å². The second-order valence-corrected chi connectivity index (χ2v) is 7.21. The van der Waals surface area contributed by atoms with E-state index in [4.69, 9.17) is 0 Å². The molecule has 4 rings (SSSR count). The Bertz CT molecular complexity index is 908. The molecule has 0 unspecified atom stereocenters. The van der Waals surface area contributed by atoms with Crippen LogP contribution in [0.2, 0.25) is 0 Å². The molecule has 0 atom stereocenters. The normalized spacial score (nSPS) is 9.43. The van der Waals surface area contributed by atoms with Crippen molar-refractivity contribution < 1.29 is 0 Å². The molecule has 0 fully saturated rings. The van der Waals surface area contributed by atoms with Crippen molar-refractivity contribution >= 4 is 0 Å². The zero-order chi connectivity index (χ0) is 26.7. The first kappa shape index (κ1) is 31.9. The van der Waals surface area contributed by atoms with Crippen LogP contribution in [0.4, 0.5) is 0 Å². The van der Waals surface area contributed by atoms with Crippen LogP contribution in [0.1, 0.15) is 88.8 Å². The van der Waals surface area contributed by atoms with Gasteiger partial charge in [0.1, 0.15) is 0 Å². The standard InChI is InChI=1S/C27H24.4C2H6/c1-21-13-17-25(18-14-21)27(23-9-5-3-6-10-23,24-11-7-4-8-12-24)26-19-15-22(2)16-20-26;4*1-2/h3-20H,1-2H3;4*1-2H3. The molecule has 0 radical (unpaired) electrons. The average Bonchev–Trinajstić information content (AvgIpc) is 2.96. The quantitative estimate of drug-likeness (QED) is 0.261. The molecule has 0 aliphatic heterocycles. The Morgan fingerprint density at radius 1 is 0.314 bits per heavy atom. The second kappa shape index (κ2) is 18.2. The number of rotatable bonds is 4. The highest BCUT2D eigenvalue weighted by molar-refractivity contribution is 5.60. The van der Waals surface area contributed by atoms with E-state index in [9.17, 15) is 0 Å². The van der Waals surface area contributed by atoms with Crippen molar-refractivity contribution in [3.8, 4) is 0 Å². The van der Waals surface area contributed by atoms with Gasteiger partial charge in [-0.05, 0) is 36.1 Å². The number of hydrogen-bond donors (Lipinski definition) is 0. The maximum Gasteiger partial charge on any atom is 0.0701 e. The van der Waals surface area contributed by atoms with E-state index in [0.29, 0.717) is 0 Å². The first-order chi connectivity index (χ1) is 17.2. The van der Waals surface area contributed by atoms with E-state index in [1.165, 1.54) is 33.4 Å². The molecular formula is C35H48. The van der Waals surface area contributed by atoms with Crippen LogP contribution >= 0.6 is 0 Å². The van der Waals surface area contributed by atoms with Crippen LogP contribution in [0.15, 0.2) is 109 Å². The summed E-state index contributed by atoms with van der Waals surface area (Å²) in [5.74, 6) is 0. The Kier molecular flexibility index (Phi) is 16.6. The van der Waals surface area contributed by atoms with Crippen molar-refractivity contribution in [1.29, 1.82) is 0 Å². The highest BCUT2D eigenvalue weighted by atomic mass is 14.4. The fraction of sp³-hybridized carbons (Fsp3) is 0.314. The SMILES string of the molecule is CC.CC.CC.CC.Cc1ccc(C(c2ccccc2)(c2ccccc2)c2ccc(C)cc2)cc1. The molecular weight excluding hydrogens is 420 g/mol. The molecule has 0 nitrogen and oxygen atoms in total. The third-order valence-electron chi connectivity index (χ3n) is 5.38. The Morgan fingerprint density at radius 3 is 0.800 bits per heavy atom. The second-order valence-electron chi connectivity index (χ2n) is 7.21. The van der Waals surface area contributed by atoms with Crippen LogP contribution < -0.4 is 0 Å². The minimum absolute atomic E-state index is 0.343. The van der Waals surface area contributed by atoms with Crippen LogP contribution in [-0.4, -0.2) is 0 Å². The smallest absolute Gasteiger partial charge is 0.0683 e. The molecule has 0 aromatic heterocycles. The van der Waals surface area contributed by atoms with Gasteiger partial charge in [0.05, 0.1) is 5.41 Å². The summed E-state index contributed by atoms with van der Waals surface area (Å²) in [5, 5.41) is 0. The molecule has 188 valence electrons. The molecule has 0 spiro atoms. The van der Waals surface area contributed by atoms with Gasteiger partial charge in [-0.15, -0.1) is 0 Å². The van der Waals surface area contributed by atoms with Gasteiger partial charge < -0.3 is 0 Å². The first-order valence-corrected chi connectivity index (χ1v) is 13.5. The van der Waals surface area contributed by atoms with E-state index in [2.05, 4.69) is 123 Å².